The molecule has 8 nitrogen and oxygen atoms in total. The van der Waals surface area contributed by atoms with Crippen LogP contribution < -0.4 is 9.64 Å². The molecular weight excluding hydrogens is 406 g/mol. The van der Waals surface area contributed by atoms with Gasteiger partial charge in [0.25, 0.3) is 0 Å². The van der Waals surface area contributed by atoms with Gasteiger partial charge in [-0.15, -0.1) is 0 Å². The molecule has 2 aliphatic rings. The van der Waals surface area contributed by atoms with E-state index in [9.17, 15) is 4.79 Å². The Labute approximate surface area is 184 Å². The van der Waals surface area contributed by atoms with Gasteiger partial charge in [-0.05, 0) is 36.4 Å². The van der Waals surface area contributed by atoms with E-state index in [0.29, 0.717) is 18.4 Å². The van der Waals surface area contributed by atoms with E-state index < -0.39 is 5.60 Å². The second-order valence-electron chi connectivity index (χ2n) is 8.14. The summed E-state index contributed by atoms with van der Waals surface area (Å²) < 4.78 is 11.1. The van der Waals surface area contributed by atoms with Gasteiger partial charge in [-0.1, -0.05) is 0 Å². The highest BCUT2D eigenvalue weighted by Gasteiger charge is 2.48. The lowest BCUT2D eigenvalue weighted by Crippen LogP contribution is -2.43. The van der Waals surface area contributed by atoms with Crippen LogP contribution >= 0.6 is 0 Å². The molecule has 1 aromatic carbocycles. The summed E-state index contributed by atoms with van der Waals surface area (Å²) in [5.74, 6) is 2.18. The number of ether oxygens (including phenoxy) is 2. The van der Waals surface area contributed by atoms with Gasteiger partial charge in [-0.3, -0.25) is 4.98 Å². The summed E-state index contributed by atoms with van der Waals surface area (Å²) >= 11 is 0. The molecule has 160 valence electrons. The molecule has 2 aliphatic heterocycles. The minimum atomic E-state index is -0.612. The molecule has 0 aliphatic carbocycles. The minimum absolute atomic E-state index is 0.271. The maximum absolute atomic E-state index is 12.3. The van der Waals surface area contributed by atoms with Crippen LogP contribution in [0.1, 0.15) is 28.9 Å². The first kappa shape index (κ1) is 18.8. The molecule has 0 radical (unpaired) electrons. The summed E-state index contributed by atoms with van der Waals surface area (Å²) in [6.45, 7) is 1.47. The van der Waals surface area contributed by atoms with Crippen molar-refractivity contribution < 1.29 is 14.3 Å². The highest BCUT2D eigenvalue weighted by molar-refractivity contribution is 5.94. The Kier molecular flexibility index (Phi) is 4.14. The van der Waals surface area contributed by atoms with Gasteiger partial charge in [-0.25, -0.2) is 14.8 Å². The maximum Gasteiger partial charge on any atom is 0.341 e. The van der Waals surface area contributed by atoms with Crippen molar-refractivity contribution in [2.45, 2.75) is 18.4 Å². The predicted molar refractivity (Wildman–Crippen MR) is 119 cm³/mol. The number of aromatic nitrogens is 4. The third-order valence-corrected chi connectivity index (χ3v) is 6.35. The zero-order chi connectivity index (χ0) is 21.7. The van der Waals surface area contributed by atoms with Crippen LogP contribution in [0.15, 0.2) is 54.9 Å². The number of fused-ring (bicyclic) bond motifs is 3. The van der Waals surface area contributed by atoms with E-state index in [1.807, 2.05) is 36.5 Å². The van der Waals surface area contributed by atoms with E-state index in [1.54, 1.807) is 25.4 Å². The van der Waals surface area contributed by atoms with Crippen molar-refractivity contribution in [3.8, 4) is 17.1 Å². The number of hydrogen-bond donors (Lipinski definition) is 1. The van der Waals surface area contributed by atoms with Gasteiger partial charge in [-0.2, -0.15) is 0 Å². The summed E-state index contributed by atoms with van der Waals surface area (Å²) in [6, 6.07) is 13.4. The molecular formula is C24H21N5O3. The summed E-state index contributed by atoms with van der Waals surface area (Å²) in [5, 5.41) is 0. The second-order valence-corrected chi connectivity index (χ2v) is 8.14. The van der Waals surface area contributed by atoms with E-state index >= 15 is 0 Å². The number of imidazole rings is 1. The Morgan fingerprint density at radius 3 is 2.78 bits per heavy atom. The average Bonchev–Trinajstić information content (AvgIpc) is 3.39. The third kappa shape index (κ3) is 2.90. The Bertz CT molecular complexity index is 1320. The summed E-state index contributed by atoms with van der Waals surface area (Å²) in [7, 11) is 1.65. The summed E-state index contributed by atoms with van der Waals surface area (Å²) in [5.41, 5.74) is 3.47. The second kappa shape index (κ2) is 7.05. The molecule has 1 N–H and O–H groups in total. The quantitative estimate of drug-likeness (QED) is 0.498. The van der Waals surface area contributed by atoms with E-state index in [0.717, 1.165) is 52.8 Å². The van der Waals surface area contributed by atoms with Gasteiger partial charge >= 0.3 is 5.97 Å². The number of nitrogens with one attached hydrogen (secondary N) is 1. The van der Waals surface area contributed by atoms with Crippen molar-refractivity contribution in [3.63, 3.8) is 0 Å². The number of anilines is 1. The zero-order valence-electron chi connectivity index (χ0n) is 17.5. The maximum atomic E-state index is 12.3. The molecule has 6 rings (SSSR count). The van der Waals surface area contributed by atoms with Crippen LogP contribution in [0.4, 0.5) is 5.82 Å². The smallest absolute Gasteiger partial charge is 0.341 e. The zero-order valence-corrected chi connectivity index (χ0v) is 17.5. The summed E-state index contributed by atoms with van der Waals surface area (Å²) in [6.07, 6.45) is 4.94. The van der Waals surface area contributed by atoms with Crippen LogP contribution in [-0.2, 0) is 10.3 Å². The molecule has 0 bridgehead atoms. The highest BCUT2D eigenvalue weighted by Crippen LogP contribution is 2.43. The van der Waals surface area contributed by atoms with Gasteiger partial charge in [0.05, 0.1) is 29.4 Å². The number of benzene rings is 1. The number of esters is 1. The number of H-pyrrole nitrogens is 1. The van der Waals surface area contributed by atoms with Crippen LogP contribution in [0, 0.1) is 0 Å². The van der Waals surface area contributed by atoms with Crippen molar-refractivity contribution in [2.24, 2.45) is 0 Å². The fourth-order valence-corrected chi connectivity index (χ4v) is 4.62. The Morgan fingerprint density at radius 1 is 1.12 bits per heavy atom. The molecule has 0 unspecified atom stereocenters. The number of pyridine rings is 2. The van der Waals surface area contributed by atoms with Gasteiger partial charge in [0.1, 0.15) is 17.4 Å². The molecule has 5 heterocycles. The van der Waals surface area contributed by atoms with E-state index in [1.165, 1.54) is 0 Å². The first-order valence-corrected chi connectivity index (χ1v) is 10.6. The van der Waals surface area contributed by atoms with Gasteiger partial charge in [0, 0.05) is 50.0 Å². The van der Waals surface area contributed by atoms with Crippen LogP contribution in [0.25, 0.3) is 22.4 Å². The van der Waals surface area contributed by atoms with Crippen molar-refractivity contribution in [1.29, 1.82) is 0 Å². The molecule has 1 spiro atoms. The number of carbonyl (C=O) groups excluding carboxylic acids is 1. The Balaban J connectivity index is 1.20. The molecule has 0 amide bonds. The SMILES string of the molecule is COc1ccc2nc(-c3ccc(N4CCC5(CC4)OC(=O)c4cccnc45)nc3)[nH]c2c1. The van der Waals surface area contributed by atoms with Crippen molar-refractivity contribution >= 4 is 22.8 Å². The minimum Gasteiger partial charge on any atom is -0.497 e. The standard InChI is InChI=1S/C24H21N5O3/c1-31-16-5-6-18-19(13-16)28-22(27-18)15-4-7-20(26-14-15)29-11-8-24(9-12-29)21-17(23(30)32-24)3-2-10-25-21/h2-7,10,13-14H,8-9,11-12H2,1H3,(H,27,28). The molecule has 1 saturated heterocycles. The van der Waals surface area contributed by atoms with Crippen LogP contribution in [0.3, 0.4) is 0 Å². The lowest BCUT2D eigenvalue weighted by molar-refractivity contribution is -0.0229. The van der Waals surface area contributed by atoms with Crippen LogP contribution in [0.2, 0.25) is 0 Å². The Morgan fingerprint density at radius 2 is 2.00 bits per heavy atom. The van der Waals surface area contributed by atoms with Gasteiger partial charge in [0.15, 0.2) is 5.60 Å². The largest absolute Gasteiger partial charge is 0.497 e. The number of rotatable bonds is 3. The molecule has 4 aromatic rings. The van der Waals surface area contributed by atoms with Gasteiger partial charge in [0.2, 0.25) is 0 Å². The molecule has 8 heteroatoms. The first-order chi connectivity index (χ1) is 15.6. The Hall–Kier alpha value is -3.94. The number of carbonyl (C=O) groups is 1. The molecule has 32 heavy (non-hydrogen) atoms. The summed E-state index contributed by atoms with van der Waals surface area (Å²) in [4.78, 5) is 31.6. The third-order valence-electron chi connectivity index (χ3n) is 6.35. The molecule has 0 atom stereocenters. The molecule has 1 fully saturated rings. The highest BCUT2D eigenvalue weighted by atomic mass is 16.6. The van der Waals surface area contributed by atoms with Crippen molar-refractivity contribution in [3.05, 3.63) is 66.1 Å². The van der Waals surface area contributed by atoms with Crippen molar-refractivity contribution in [1.82, 2.24) is 19.9 Å². The molecule has 3 aromatic heterocycles. The van der Waals surface area contributed by atoms with E-state index in [4.69, 9.17) is 9.47 Å². The monoisotopic (exact) mass is 427 g/mol. The fraction of sp³-hybridized carbons (Fsp3) is 0.250. The van der Waals surface area contributed by atoms with Crippen LogP contribution in [-0.4, -0.2) is 46.1 Å². The van der Waals surface area contributed by atoms with Gasteiger partial charge < -0.3 is 19.4 Å². The number of methoxy groups -OCH3 is 1. The fourth-order valence-electron chi connectivity index (χ4n) is 4.62. The number of piperidine rings is 1. The normalized spacial score (nSPS) is 16.9. The molecule has 0 saturated carbocycles. The average molecular weight is 427 g/mol. The number of hydrogen-bond acceptors (Lipinski definition) is 7. The van der Waals surface area contributed by atoms with Crippen molar-refractivity contribution in [2.75, 3.05) is 25.1 Å². The number of aromatic amines is 1. The van der Waals surface area contributed by atoms with E-state index in [2.05, 4.69) is 24.8 Å². The first-order valence-electron chi connectivity index (χ1n) is 10.6. The lowest BCUT2D eigenvalue weighted by Gasteiger charge is -2.38. The topological polar surface area (TPSA) is 93.2 Å². The predicted octanol–water partition coefficient (Wildman–Crippen LogP) is 3.69. The van der Waals surface area contributed by atoms with E-state index in [-0.39, 0.29) is 5.97 Å². The lowest BCUT2D eigenvalue weighted by atomic mass is 9.87. The number of nitrogens with zero attached hydrogens (tertiary/aromatic N) is 4. The van der Waals surface area contributed by atoms with Crippen LogP contribution in [0.5, 0.6) is 5.75 Å².